The molecule has 0 amide bonds. The molecular formula is C7H4FO+. The molecule has 0 unspecified atom stereocenters. The standard InChI is InChI=1S/C7H4FO/c8-7-3-1-6(5-9)2-4-7/h1-4H/q+1. The average Bonchev–Trinajstić information content (AvgIpc) is 1.90. The van der Waals surface area contributed by atoms with Crippen LogP contribution >= 0.6 is 0 Å². The molecule has 1 aromatic carbocycles. The van der Waals surface area contributed by atoms with E-state index in [0.29, 0.717) is 5.56 Å². The Morgan fingerprint density at radius 3 is 2.22 bits per heavy atom. The molecule has 0 aliphatic heterocycles. The molecule has 0 spiro atoms. The lowest BCUT2D eigenvalue weighted by atomic mass is 10.2. The molecule has 1 nitrogen and oxygen atoms in total. The summed E-state index contributed by atoms with van der Waals surface area (Å²) in [6, 6.07) is 5.20. The van der Waals surface area contributed by atoms with Crippen molar-refractivity contribution in [1.29, 1.82) is 0 Å². The smallest absolute Gasteiger partial charge is 0.204 e. The first-order chi connectivity index (χ1) is 4.33. The summed E-state index contributed by atoms with van der Waals surface area (Å²) >= 11 is 0. The summed E-state index contributed by atoms with van der Waals surface area (Å²) in [5.41, 5.74) is 0.372. The predicted molar refractivity (Wildman–Crippen MR) is 31.2 cm³/mol. The Balaban J connectivity index is 3.01. The third-order valence-electron chi connectivity index (χ3n) is 0.962. The molecule has 0 aliphatic carbocycles. The second kappa shape index (κ2) is 2.33. The van der Waals surface area contributed by atoms with Crippen molar-refractivity contribution in [3.8, 4) is 0 Å². The fourth-order valence-electron chi connectivity index (χ4n) is 0.518. The highest BCUT2D eigenvalue weighted by atomic mass is 19.1. The predicted octanol–water partition coefficient (Wildman–Crippen LogP) is 1.28. The third-order valence-corrected chi connectivity index (χ3v) is 0.962. The normalized spacial score (nSPS) is 8.56. The molecule has 0 N–H and O–H groups in total. The van der Waals surface area contributed by atoms with Crippen molar-refractivity contribution >= 4 is 6.29 Å². The zero-order valence-electron chi connectivity index (χ0n) is 4.60. The van der Waals surface area contributed by atoms with Crippen LogP contribution in [-0.2, 0) is 4.79 Å². The minimum Gasteiger partial charge on any atom is -0.204 e. The summed E-state index contributed by atoms with van der Waals surface area (Å²) in [5, 5.41) is 0. The van der Waals surface area contributed by atoms with Crippen molar-refractivity contribution in [2.75, 3.05) is 0 Å². The van der Waals surface area contributed by atoms with Crippen molar-refractivity contribution in [2.24, 2.45) is 0 Å². The van der Waals surface area contributed by atoms with Crippen molar-refractivity contribution in [3.05, 3.63) is 35.6 Å². The Morgan fingerprint density at radius 1 is 1.22 bits per heavy atom. The molecule has 0 aromatic heterocycles. The average molecular weight is 123 g/mol. The molecule has 1 rings (SSSR count). The van der Waals surface area contributed by atoms with Gasteiger partial charge in [-0.15, -0.1) is 4.79 Å². The molecule has 44 valence electrons. The molecule has 0 fully saturated rings. The highest BCUT2D eigenvalue weighted by Crippen LogP contribution is 1.98. The van der Waals surface area contributed by atoms with Crippen LogP contribution in [-0.4, -0.2) is 6.29 Å². The summed E-state index contributed by atoms with van der Waals surface area (Å²) in [4.78, 5) is 9.87. The van der Waals surface area contributed by atoms with Gasteiger partial charge in [-0.1, -0.05) is 0 Å². The van der Waals surface area contributed by atoms with Crippen molar-refractivity contribution in [2.45, 2.75) is 0 Å². The lowest BCUT2D eigenvalue weighted by Gasteiger charge is -1.76. The first-order valence-corrected chi connectivity index (χ1v) is 2.46. The van der Waals surface area contributed by atoms with Crippen LogP contribution in [0.15, 0.2) is 24.3 Å². The summed E-state index contributed by atoms with van der Waals surface area (Å²) in [6.07, 6.45) is 1.64. The van der Waals surface area contributed by atoms with Crippen LogP contribution in [0, 0.1) is 5.82 Å². The number of halogens is 1. The number of hydrogen-bond donors (Lipinski definition) is 0. The third kappa shape index (κ3) is 1.31. The largest absolute Gasteiger partial charge is 0.303 e. The topological polar surface area (TPSA) is 17.1 Å². The van der Waals surface area contributed by atoms with Crippen LogP contribution in [0.4, 0.5) is 4.39 Å². The molecule has 9 heavy (non-hydrogen) atoms. The van der Waals surface area contributed by atoms with Crippen LogP contribution < -0.4 is 0 Å². The summed E-state index contributed by atoms with van der Waals surface area (Å²) in [7, 11) is 0. The lowest BCUT2D eigenvalue weighted by molar-refractivity contribution is 0.562. The van der Waals surface area contributed by atoms with E-state index in [4.69, 9.17) is 0 Å². The van der Waals surface area contributed by atoms with Crippen molar-refractivity contribution < 1.29 is 9.18 Å². The number of hydrogen-bond acceptors (Lipinski definition) is 1. The Hall–Kier alpha value is -1.27. The van der Waals surface area contributed by atoms with E-state index >= 15 is 0 Å². The van der Waals surface area contributed by atoms with Gasteiger partial charge in [-0.25, -0.2) is 4.39 Å². The van der Waals surface area contributed by atoms with Crippen LogP contribution in [0.5, 0.6) is 0 Å². The van der Waals surface area contributed by atoms with Crippen molar-refractivity contribution in [3.63, 3.8) is 0 Å². The van der Waals surface area contributed by atoms with Gasteiger partial charge < -0.3 is 0 Å². The van der Waals surface area contributed by atoms with E-state index in [0.717, 1.165) is 0 Å². The van der Waals surface area contributed by atoms with Gasteiger partial charge in [0.05, 0.1) is 12.1 Å². The van der Waals surface area contributed by atoms with Gasteiger partial charge in [0.15, 0.2) is 0 Å². The Kier molecular flexibility index (Phi) is 1.52. The van der Waals surface area contributed by atoms with Gasteiger partial charge >= 0.3 is 6.29 Å². The maximum atomic E-state index is 12.1. The maximum absolute atomic E-state index is 12.1. The summed E-state index contributed by atoms with van der Waals surface area (Å²) in [5.74, 6) is -0.339. The van der Waals surface area contributed by atoms with Gasteiger partial charge in [-0.05, 0) is 0 Å². The Bertz CT molecular complexity index is 203. The highest BCUT2D eigenvalue weighted by Gasteiger charge is 1.99. The molecule has 0 radical (unpaired) electrons. The quantitative estimate of drug-likeness (QED) is 0.514. The summed E-state index contributed by atoms with van der Waals surface area (Å²) < 4.78 is 12.1. The van der Waals surface area contributed by atoms with E-state index in [9.17, 15) is 9.18 Å². The van der Waals surface area contributed by atoms with E-state index in [1.807, 2.05) is 0 Å². The number of rotatable bonds is 1. The van der Waals surface area contributed by atoms with E-state index in [1.54, 1.807) is 6.29 Å². The van der Waals surface area contributed by atoms with Gasteiger partial charge in [-0.2, -0.15) is 0 Å². The minimum atomic E-state index is -0.339. The van der Waals surface area contributed by atoms with E-state index in [-0.39, 0.29) is 5.82 Å². The Labute approximate surface area is 52.1 Å². The van der Waals surface area contributed by atoms with Gasteiger partial charge in [0.1, 0.15) is 5.82 Å². The van der Waals surface area contributed by atoms with E-state index in [1.165, 1.54) is 24.3 Å². The van der Waals surface area contributed by atoms with Crippen molar-refractivity contribution in [1.82, 2.24) is 0 Å². The minimum absolute atomic E-state index is 0.339. The molecule has 2 heteroatoms. The lowest BCUT2D eigenvalue weighted by Crippen LogP contribution is -1.78. The molecule has 1 aromatic rings. The second-order valence-corrected chi connectivity index (χ2v) is 1.61. The van der Waals surface area contributed by atoms with Gasteiger partial charge in [0.25, 0.3) is 0 Å². The first kappa shape index (κ1) is 5.86. The van der Waals surface area contributed by atoms with Crippen LogP contribution in [0.2, 0.25) is 0 Å². The maximum Gasteiger partial charge on any atom is 0.303 e. The molecule has 0 heterocycles. The molecule has 0 bridgehead atoms. The van der Waals surface area contributed by atoms with Gasteiger partial charge in [0.2, 0.25) is 5.56 Å². The number of carbonyl (C=O) groups excluding carboxylic acids is 1. The van der Waals surface area contributed by atoms with Gasteiger partial charge in [0, 0.05) is 12.1 Å². The van der Waals surface area contributed by atoms with E-state index in [2.05, 4.69) is 0 Å². The van der Waals surface area contributed by atoms with Crippen LogP contribution in [0.25, 0.3) is 0 Å². The Morgan fingerprint density at radius 2 is 1.78 bits per heavy atom. The van der Waals surface area contributed by atoms with E-state index < -0.39 is 0 Å². The van der Waals surface area contributed by atoms with Crippen LogP contribution in [0.3, 0.4) is 0 Å². The molecule has 0 saturated carbocycles. The highest BCUT2D eigenvalue weighted by molar-refractivity contribution is 5.74. The molecule has 0 atom stereocenters. The zero-order chi connectivity index (χ0) is 6.69. The fourth-order valence-corrected chi connectivity index (χ4v) is 0.518. The SMILES string of the molecule is O=[C+]c1ccc(F)cc1. The first-order valence-electron chi connectivity index (χ1n) is 2.46. The van der Waals surface area contributed by atoms with Crippen LogP contribution in [0.1, 0.15) is 5.56 Å². The second-order valence-electron chi connectivity index (χ2n) is 1.61. The van der Waals surface area contributed by atoms with Gasteiger partial charge in [-0.3, -0.25) is 0 Å². The molecular weight excluding hydrogens is 119 g/mol. The fraction of sp³-hybridized carbons (Fsp3) is 0. The molecule has 0 aliphatic rings. The summed E-state index contributed by atoms with van der Waals surface area (Å²) in [6.45, 7) is 0. The monoisotopic (exact) mass is 123 g/mol. The number of benzene rings is 1. The molecule has 0 saturated heterocycles. The zero-order valence-corrected chi connectivity index (χ0v) is 4.60.